The van der Waals surface area contributed by atoms with Crippen LogP contribution in [0.5, 0.6) is 0 Å². The number of nitriles is 1. The van der Waals surface area contributed by atoms with Crippen molar-refractivity contribution in [3.05, 3.63) is 47.3 Å². The fourth-order valence-electron chi connectivity index (χ4n) is 2.86. The number of nitrogens with zero attached hydrogens (tertiary/aromatic N) is 4. The van der Waals surface area contributed by atoms with E-state index >= 15 is 0 Å². The molecule has 2 aromatic rings. The summed E-state index contributed by atoms with van der Waals surface area (Å²) in [6, 6.07) is 12.0. The molecule has 2 heterocycles. The van der Waals surface area contributed by atoms with Gasteiger partial charge in [-0.05, 0) is 37.6 Å². The molecule has 0 radical (unpaired) electrons. The summed E-state index contributed by atoms with van der Waals surface area (Å²) in [6.45, 7) is 6.87. The highest BCUT2D eigenvalue weighted by Crippen LogP contribution is 2.18. The maximum absolute atomic E-state index is 8.88. The van der Waals surface area contributed by atoms with E-state index in [0.29, 0.717) is 5.56 Å². The summed E-state index contributed by atoms with van der Waals surface area (Å²) in [5.41, 5.74) is 2.91. The van der Waals surface area contributed by atoms with Gasteiger partial charge in [-0.25, -0.2) is 0 Å². The molecule has 0 atom stereocenters. The van der Waals surface area contributed by atoms with E-state index in [-0.39, 0.29) is 0 Å². The monoisotopic (exact) mass is 296 g/mol. The number of hydrogen-bond donors (Lipinski definition) is 0. The van der Waals surface area contributed by atoms with Crippen molar-refractivity contribution in [1.82, 2.24) is 10.1 Å². The first-order valence-corrected chi connectivity index (χ1v) is 7.64. The minimum Gasteiger partial charge on any atom is -0.370 e. The molecular formula is C17H20N4O. The molecule has 0 N–H and O–H groups in total. The predicted molar refractivity (Wildman–Crippen MR) is 84.5 cm³/mol. The van der Waals surface area contributed by atoms with Crippen LogP contribution in [0.25, 0.3) is 0 Å². The van der Waals surface area contributed by atoms with E-state index in [2.05, 4.69) is 21.0 Å². The van der Waals surface area contributed by atoms with E-state index < -0.39 is 0 Å². The molecule has 1 fully saturated rings. The predicted octanol–water partition coefficient (Wildman–Crippen LogP) is 2.57. The Balaban J connectivity index is 1.60. The summed E-state index contributed by atoms with van der Waals surface area (Å²) in [6.07, 6.45) is 1.12. The highest BCUT2D eigenvalue weighted by atomic mass is 16.5. The molecule has 1 aliphatic rings. The molecule has 1 aromatic heterocycles. The van der Waals surface area contributed by atoms with Crippen molar-refractivity contribution in [2.75, 3.05) is 31.1 Å². The zero-order valence-corrected chi connectivity index (χ0v) is 12.8. The molecule has 22 heavy (non-hydrogen) atoms. The van der Waals surface area contributed by atoms with Crippen LogP contribution >= 0.6 is 0 Å². The van der Waals surface area contributed by atoms with Gasteiger partial charge in [0, 0.05) is 44.5 Å². The van der Waals surface area contributed by atoms with Crippen molar-refractivity contribution in [1.29, 1.82) is 5.26 Å². The van der Waals surface area contributed by atoms with Crippen molar-refractivity contribution < 1.29 is 4.52 Å². The van der Waals surface area contributed by atoms with Crippen molar-refractivity contribution in [3.8, 4) is 6.07 Å². The van der Waals surface area contributed by atoms with Crippen LogP contribution in [0, 0.1) is 18.3 Å². The van der Waals surface area contributed by atoms with E-state index in [4.69, 9.17) is 9.78 Å². The molecule has 0 bridgehead atoms. The van der Waals surface area contributed by atoms with Gasteiger partial charge >= 0.3 is 0 Å². The standard InChI is InChI=1S/C17H20N4O/c1-14-11-16(19-22-14)13-20-7-2-8-21(10-9-20)17-5-3-15(12-18)4-6-17/h3-6,11H,2,7-10,13H2,1H3. The van der Waals surface area contributed by atoms with Gasteiger partial charge in [0.25, 0.3) is 0 Å². The van der Waals surface area contributed by atoms with E-state index in [0.717, 1.165) is 50.6 Å². The van der Waals surface area contributed by atoms with Crippen LogP contribution in [0.3, 0.4) is 0 Å². The topological polar surface area (TPSA) is 56.3 Å². The minimum absolute atomic E-state index is 0.710. The summed E-state index contributed by atoms with van der Waals surface area (Å²) in [7, 11) is 0. The number of benzene rings is 1. The van der Waals surface area contributed by atoms with E-state index in [1.807, 2.05) is 37.3 Å². The molecule has 1 saturated heterocycles. The fourth-order valence-corrected chi connectivity index (χ4v) is 2.86. The third kappa shape index (κ3) is 3.46. The SMILES string of the molecule is Cc1cc(CN2CCCN(c3ccc(C#N)cc3)CC2)no1. The lowest BCUT2D eigenvalue weighted by Gasteiger charge is -2.23. The first-order chi connectivity index (χ1) is 10.7. The van der Waals surface area contributed by atoms with Gasteiger partial charge in [0.1, 0.15) is 5.76 Å². The summed E-state index contributed by atoms with van der Waals surface area (Å²) in [4.78, 5) is 4.80. The fraction of sp³-hybridized carbons (Fsp3) is 0.412. The third-order valence-corrected chi connectivity index (χ3v) is 4.01. The van der Waals surface area contributed by atoms with Crippen LogP contribution in [-0.2, 0) is 6.54 Å². The maximum atomic E-state index is 8.88. The highest BCUT2D eigenvalue weighted by molar-refractivity contribution is 5.49. The van der Waals surface area contributed by atoms with Crippen LogP contribution in [-0.4, -0.2) is 36.2 Å². The number of aromatic nitrogens is 1. The van der Waals surface area contributed by atoms with Gasteiger partial charge in [-0.3, -0.25) is 4.90 Å². The van der Waals surface area contributed by atoms with Gasteiger partial charge in [0.05, 0.1) is 17.3 Å². The Kier molecular flexibility index (Phi) is 4.40. The average molecular weight is 296 g/mol. The average Bonchev–Trinajstić information content (AvgIpc) is 2.81. The number of aryl methyl sites for hydroxylation is 1. The normalized spacial score (nSPS) is 16.3. The zero-order chi connectivity index (χ0) is 15.4. The Hall–Kier alpha value is -2.32. The van der Waals surface area contributed by atoms with Gasteiger partial charge in [0.15, 0.2) is 0 Å². The largest absolute Gasteiger partial charge is 0.370 e. The summed E-state index contributed by atoms with van der Waals surface area (Å²) in [5.74, 6) is 0.865. The molecule has 5 nitrogen and oxygen atoms in total. The molecule has 1 aromatic carbocycles. The second kappa shape index (κ2) is 6.63. The van der Waals surface area contributed by atoms with E-state index in [9.17, 15) is 0 Å². The third-order valence-electron chi connectivity index (χ3n) is 4.01. The molecule has 1 aliphatic heterocycles. The lowest BCUT2D eigenvalue weighted by molar-refractivity contribution is 0.273. The number of hydrogen-bond acceptors (Lipinski definition) is 5. The van der Waals surface area contributed by atoms with Crippen molar-refractivity contribution in [2.24, 2.45) is 0 Å². The van der Waals surface area contributed by atoms with Crippen LogP contribution in [0.15, 0.2) is 34.9 Å². The van der Waals surface area contributed by atoms with Crippen LogP contribution in [0.2, 0.25) is 0 Å². The summed E-state index contributed by atoms with van der Waals surface area (Å²) in [5, 5.41) is 13.0. The van der Waals surface area contributed by atoms with Gasteiger partial charge in [0.2, 0.25) is 0 Å². The quantitative estimate of drug-likeness (QED) is 0.871. The summed E-state index contributed by atoms with van der Waals surface area (Å²) >= 11 is 0. The molecular weight excluding hydrogens is 276 g/mol. The molecule has 5 heteroatoms. The minimum atomic E-state index is 0.710. The van der Waals surface area contributed by atoms with Crippen LogP contribution in [0.1, 0.15) is 23.4 Å². The van der Waals surface area contributed by atoms with Crippen LogP contribution < -0.4 is 4.90 Å². The maximum Gasteiger partial charge on any atom is 0.133 e. The molecule has 0 saturated carbocycles. The smallest absolute Gasteiger partial charge is 0.133 e. The van der Waals surface area contributed by atoms with Crippen molar-refractivity contribution in [3.63, 3.8) is 0 Å². The number of rotatable bonds is 3. The van der Waals surface area contributed by atoms with Crippen molar-refractivity contribution >= 4 is 5.69 Å². The lowest BCUT2D eigenvalue weighted by Crippen LogP contribution is -2.30. The first-order valence-electron chi connectivity index (χ1n) is 7.64. The molecule has 114 valence electrons. The second-order valence-corrected chi connectivity index (χ2v) is 5.70. The van der Waals surface area contributed by atoms with E-state index in [1.165, 1.54) is 5.69 Å². The van der Waals surface area contributed by atoms with Crippen LogP contribution in [0.4, 0.5) is 5.69 Å². The van der Waals surface area contributed by atoms with Gasteiger partial charge in [-0.1, -0.05) is 5.16 Å². The molecule has 3 rings (SSSR count). The Labute approximate surface area is 130 Å². The Morgan fingerprint density at radius 3 is 2.68 bits per heavy atom. The highest BCUT2D eigenvalue weighted by Gasteiger charge is 2.16. The molecule has 0 amide bonds. The Bertz CT molecular complexity index is 656. The Morgan fingerprint density at radius 1 is 1.18 bits per heavy atom. The first kappa shape index (κ1) is 14.6. The second-order valence-electron chi connectivity index (χ2n) is 5.70. The van der Waals surface area contributed by atoms with Gasteiger partial charge in [-0.2, -0.15) is 5.26 Å². The lowest BCUT2D eigenvalue weighted by atomic mass is 10.2. The number of anilines is 1. The Morgan fingerprint density at radius 2 is 2.00 bits per heavy atom. The van der Waals surface area contributed by atoms with Crippen molar-refractivity contribution in [2.45, 2.75) is 19.9 Å². The van der Waals surface area contributed by atoms with Gasteiger partial charge in [-0.15, -0.1) is 0 Å². The molecule has 0 unspecified atom stereocenters. The van der Waals surface area contributed by atoms with E-state index in [1.54, 1.807) is 0 Å². The zero-order valence-electron chi connectivity index (χ0n) is 12.8. The molecule has 0 aliphatic carbocycles. The summed E-state index contributed by atoms with van der Waals surface area (Å²) < 4.78 is 5.14. The van der Waals surface area contributed by atoms with Gasteiger partial charge < -0.3 is 9.42 Å². The molecule has 0 spiro atoms.